The Hall–Kier alpha value is -2.11. The van der Waals surface area contributed by atoms with Crippen LogP contribution in [0.5, 0.6) is 0 Å². The fourth-order valence-corrected chi connectivity index (χ4v) is 2.13. The molecule has 0 unspecified atom stereocenters. The molecular formula is C14H8Cl2FNO3. The lowest BCUT2D eigenvalue weighted by Crippen LogP contribution is -2.16. The topological polar surface area (TPSA) is 66.4 Å². The largest absolute Gasteiger partial charge is 0.478 e. The van der Waals surface area contributed by atoms with Crippen LogP contribution in [0.1, 0.15) is 20.7 Å². The Kier molecular flexibility index (Phi) is 4.45. The number of hydrogen-bond donors (Lipinski definition) is 2. The number of anilines is 1. The molecule has 0 aliphatic carbocycles. The van der Waals surface area contributed by atoms with Gasteiger partial charge in [-0.2, -0.15) is 0 Å². The summed E-state index contributed by atoms with van der Waals surface area (Å²) in [6, 6.07) is 7.70. The van der Waals surface area contributed by atoms with E-state index in [1.165, 1.54) is 24.3 Å². The summed E-state index contributed by atoms with van der Waals surface area (Å²) in [5, 5.41) is 11.6. The molecule has 0 saturated heterocycles. The van der Waals surface area contributed by atoms with Crippen molar-refractivity contribution >= 4 is 40.8 Å². The van der Waals surface area contributed by atoms with Crippen molar-refractivity contribution in [2.24, 2.45) is 0 Å². The van der Waals surface area contributed by atoms with Gasteiger partial charge in [0.15, 0.2) is 0 Å². The van der Waals surface area contributed by atoms with Crippen LogP contribution in [-0.4, -0.2) is 17.0 Å². The summed E-state index contributed by atoms with van der Waals surface area (Å²) in [4.78, 5) is 23.2. The number of halogens is 3. The second-order valence-corrected chi connectivity index (χ2v) is 4.89. The minimum absolute atomic E-state index is 0.0284. The molecule has 21 heavy (non-hydrogen) atoms. The molecule has 0 aromatic heterocycles. The summed E-state index contributed by atoms with van der Waals surface area (Å²) in [5.74, 6) is -2.89. The van der Waals surface area contributed by atoms with Crippen molar-refractivity contribution in [2.45, 2.75) is 0 Å². The van der Waals surface area contributed by atoms with E-state index in [0.29, 0.717) is 0 Å². The summed E-state index contributed by atoms with van der Waals surface area (Å²) in [7, 11) is 0. The Morgan fingerprint density at radius 1 is 1.14 bits per heavy atom. The van der Waals surface area contributed by atoms with Crippen molar-refractivity contribution in [1.82, 2.24) is 0 Å². The Bertz CT molecular complexity index is 734. The van der Waals surface area contributed by atoms with Gasteiger partial charge >= 0.3 is 5.97 Å². The highest BCUT2D eigenvalue weighted by Gasteiger charge is 2.18. The number of carbonyl (C=O) groups excluding carboxylic acids is 1. The third-order valence-corrected chi connectivity index (χ3v) is 3.20. The first-order chi connectivity index (χ1) is 9.90. The van der Waals surface area contributed by atoms with E-state index in [1.54, 1.807) is 0 Å². The molecule has 7 heteroatoms. The standard InChI is InChI=1S/C14H8Cl2FNO3/c15-7-4-5-10(17)8(6-7)13(19)18-11-3-1-2-9(16)12(11)14(20)21/h1-6H,(H,18,19)(H,20,21). The van der Waals surface area contributed by atoms with Crippen molar-refractivity contribution in [3.8, 4) is 0 Å². The Morgan fingerprint density at radius 2 is 1.86 bits per heavy atom. The smallest absolute Gasteiger partial charge is 0.339 e. The van der Waals surface area contributed by atoms with Gasteiger partial charge in [0.1, 0.15) is 11.4 Å². The van der Waals surface area contributed by atoms with E-state index in [9.17, 15) is 14.0 Å². The quantitative estimate of drug-likeness (QED) is 0.892. The van der Waals surface area contributed by atoms with Gasteiger partial charge in [-0.1, -0.05) is 29.3 Å². The van der Waals surface area contributed by atoms with E-state index in [1.807, 2.05) is 0 Å². The van der Waals surface area contributed by atoms with E-state index >= 15 is 0 Å². The van der Waals surface area contributed by atoms with Crippen molar-refractivity contribution in [3.05, 3.63) is 63.4 Å². The molecular weight excluding hydrogens is 320 g/mol. The minimum atomic E-state index is -1.30. The Morgan fingerprint density at radius 3 is 2.52 bits per heavy atom. The summed E-state index contributed by atoms with van der Waals surface area (Å²) < 4.78 is 13.6. The second kappa shape index (κ2) is 6.11. The third kappa shape index (κ3) is 3.32. The highest BCUT2D eigenvalue weighted by Crippen LogP contribution is 2.25. The Balaban J connectivity index is 2.39. The van der Waals surface area contributed by atoms with Gasteiger partial charge in [-0.25, -0.2) is 9.18 Å². The van der Waals surface area contributed by atoms with Crippen LogP contribution >= 0.6 is 23.2 Å². The van der Waals surface area contributed by atoms with Crippen LogP contribution in [0.4, 0.5) is 10.1 Å². The molecule has 0 spiro atoms. The number of aromatic carboxylic acids is 1. The average molecular weight is 328 g/mol. The van der Waals surface area contributed by atoms with Gasteiger partial charge in [-0.05, 0) is 30.3 Å². The van der Waals surface area contributed by atoms with Crippen molar-refractivity contribution in [3.63, 3.8) is 0 Å². The van der Waals surface area contributed by atoms with Crippen LogP contribution in [0, 0.1) is 5.82 Å². The lowest BCUT2D eigenvalue weighted by molar-refractivity contribution is 0.0698. The van der Waals surface area contributed by atoms with Crippen LogP contribution in [0.15, 0.2) is 36.4 Å². The maximum absolute atomic E-state index is 13.6. The number of amides is 1. The fraction of sp³-hybridized carbons (Fsp3) is 0. The zero-order valence-corrected chi connectivity index (χ0v) is 11.9. The number of carbonyl (C=O) groups is 2. The lowest BCUT2D eigenvalue weighted by atomic mass is 10.1. The van der Waals surface area contributed by atoms with E-state index in [2.05, 4.69) is 5.32 Å². The molecule has 0 fully saturated rings. The van der Waals surface area contributed by atoms with E-state index < -0.39 is 17.7 Å². The number of benzene rings is 2. The van der Waals surface area contributed by atoms with Crippen LogP contribution in [0.3, 0.4) is 0 Å². The molecule has 0 bridgehead atoms. The Labute approximate surface area is 129 Å². The highest BCUT2D eigenvalue weighted by atomic mass is 35.5. The fourth-order valence-electron chi connectivity index (χ4n) is 1.71. The molecule has 2 aromatic rings. The van der Waals surface area contributed by atoms with Crippen LogP contribution < -0.4 is 5.32 Å². The molecule has 0 atom stereocenters. The first-order valence-electron chi connectivity index (χ1n) is 5.68. The van der Waals surface area contributed by atoms with E-state index in [-0.39, 0.29) is 26.9 Å². The normalized spacial score (nSPS) is 10.2. The van der Waals surface area contributed by atoms with Gasteiger partial charge in [0.2, 0.25) is 0 Å². The second-order valence-electron chi connectivity index (χ2n) is 4.05. The zero-order chi connectivity index (χ0) is 15.6. The van der Waals surface area contributed by atoms with Gasteiger partial charge in [0, 0.05) is 5.02 Å². The predicted molar refractivity (Wildman–Crippen MR) is 77.8 cm³/mol. The van der Waals surface area contributed by atoms with Crippen LogP contribution in [0.2, 0.25) is 10.0 Å². The molecule has 0 aliphatic heterocycles. The molecule has 1 amide bonds. The first kappa shape index (κ1) is 15.3. The zero-order valence-electron chi connectivity index (χ0n) is 10.4. The maximum atomic E-state index is 13.6. The predicted octanol–water partition coefficient (Wildman–Crippen LogP) is 4.08. The number of carboxylic acid groups (broad SMARTS) is 1. The average Bonchev–Trinajstić information content (AvgIpc) is 2.41. The van der Waals surface area contributed by atoms with Crippen LogP contribution in [0.25, 0.3) is 0 Å². The number of carboxylic acids is 1. The molecule has 2 N–H and O–H groups in total. The third-order valence-electron chi connectivity index (χ3n) is 2.65. The van der Waals surface area contributed by atoms with Gasteiger partial charge in [0.05, 0.1) is 16.3 Å². The van der Waals surface area contributed by atoms with Gasteiger partial charge in [-0.15, -0.1) is 0 Å². The molecule has 2 aromatic carbocycles. The van der Waals surface area contributed by atoms with Gasteiger partial charge < -0.3 is 10.4 Å². The first-order valence-corrected chi connectivity index (χ1v) is 6.44. The summed E-state index contributed by atoms with van der Waals surface area (Å²) in [5.41, 5.74) is -0.590. The summed E-state index contributed by atoms with van der Waals surface area (Å²) in [6.07, 6.45) is 0. The summed E-state index contributed by atoms with van der Waals surface area (Å²) in [6.45, 7) is 0. The van der Waals surface area contributed by atoms with E-state index in [0.717, 1.165) is 12.1 Å². The monoisotopic (exact) mass is 327 g/mol. The molecule has 4 nitrogen and oxygen atoms in total. The van der Waals surface area contributed by atoms with Gasteiger partial charge in [-0.3, -0.25) is 4.79 Å². The summed E-state index contributed by atoms with van der Waals surface area (Å²) >= 11 is 11.5. The van der Waals surface area contributed by atoms with Gasteiger partial charge in [0.25, 0.3) is 5.91 Å². The molecule has 0 radical (unpaired) electrons. The number of rotatable bonds is 3. The SMILES string of the molecule is O=C(Nc1cccc(Cl)c1C(=O)O)c1cc(Cl)ccc1F. The van der Waals surface area contributed by atoms with Crippen molar-refractivity contribution in [1.29, 1.82) is 0 Å². The molecule has 0 aliphatic rings. The maximum Gasteiger partial charge on any atom is 0.339 e. The molecule has 0 heterocycles. The van der Waals surface area contributed by atoms with Crippen LogP contribution in [-0.2, 0) is 0 Å². The lowest BCUT2D eigenvalue weighted by Gasteiger charge is -2.10. The number of hydrogen-bond acceptors (Lipinski definition) is 2. The van der Waals surface area contributed by atoms with E-state index in [4.69, 9.17) is 28.3 Å². The van der Waals surface area contributed by atoms with Crippen molar-refractivity contribution in [2.75, 3.05) is 5.32 Å². The highest BCUT2D eigenvalue weighted by molar-refractivity contribution is 6.34. The molecule has 2 rings (SSSR count). The number of nitrogens with one attached hydrogen (secondary N) is 1. The minimum Gasteiger partial charge on any atom is -0.478 e. The molecule has 108 valence electrons. The molecule has 0 saturated carbocycles. The van der Waals surface area contributed by atoms with Crippen molar-refractivity contribution < 1.29 is 19.1 Å².